The summed E-state index contributed by atoms with van der Waals surface area (Å²) in [5.74, 6) is 0.360. The Morgan fingerprint density at radius 1 is 1.53 bits per heavy atom. The van der Waals surface area contributed by atoms with E-state index in [1.165, 1.54) is 12.3 Å². The molecule has 2 aromatic rings. The lowest BCUT2D eigenvalue weighted by Gasteiger charge is -2.10. The van der Waals surface area contributed by atoms with E-state index in [9.17, 15) is 4.39 Å². The van der Waals surface area contributed by atoms with Crippen molar-refractivity contribution in [1.82, 2.24) is 9.55 Å². The van der Waals surface area contributed by atoms with Gasteiger partial charge in [0.1, 0.15) is 17.6 Å². The molecule has 102 valence electrons. The van der Waals surface area contributed by atoms with Crippen LogP contribution >= 0.6 is 11.6 Å². The molecule has 1 atom stereocenters. The summed E-state index contributed by atoms with van der Waals surface area (Å²) < 4.78 is 20.9. The van der Waals surface area contributed by atoms with Crippen molar-refractivity contribution in [3.63, 3.8) is 0 Å². The highest BCUT2D eigenvalue weighted by Gasteiger charge is 2.10. The molecule has 0 spiro atoms. The van der Waals surface area contributed by atoms with Gasteiger partial charge >= 0.3 is 0 Å². The zero-order valence-electron chi connectivity index (χ0n) is 10.7. The lowest BCUT2D eigenvalue weighted by atomic mass is 10.1. The summed E-state index contributed by atoms with van der Waals surface area (Å²) in [4.78, 5) is 4.07. The van der Waals surface area contributed by atoms with Crippen LogP contribution in [0.4, 0.5) is 4.39 Å². The molecule has 0 radical (unpaired) electrons. The number of rotatable bonds is 4. The second-order valence-corrected chi connectivity index (χ2v) is 4.71. The van der Waals surface area contributed by atoms with Crippen LogP contribution in [0.5, 0.6) is 5.75 Å². The van der Waals surface area contributed by atoms with E-state index in [2.05, 4.69) is 4.98 Å². The fraction of sp³-hybridized carbons (Fsp3) is 0.308. The summed E-state index contributed by atoms with van der Waals surface area (Å²) >= 11 is 5.85. The first-order valence-corrected chi connectivity index (χ1v) is 6.20. The molecule has 0 aliphatic heterocycles. The monoisotopic (exact) mass is 283 g/mol. The Morgan fingerprint density at radius 2 is 2.26 bits per heavy atom. The minimum Gasteiger partial charge on any atom is -0.483 e. The van der Waals surface area contributed by atoms with Crippen LogP contribution in [0.15, 0.2) is 24.4 Å². The quantitative estimate of drug-likeness (QED) is 0.939. The van der Waals surface area contributed by atoms with Crippen molar-refractivity contribution in [1.29, 1.82) is 0 Å². The van der Waals surface area contributed by atoms with Crippen molar-refractivity contribution in [2.45, 2.75) is 19.6 Å². The maximum absolute atomic E-state index is 13.8. The van der Waals surface area contributed by atoms with Crippen molar-refractivity contribution < 1.29 is 9.13 Å². The Labute approximate surface area is 116 Å². The lowest BCUT2D eigenvalue weighted by molar-refractivity contribution is 0.277. The van der Waals surface area contributed by atoms with Crippen LogP contribution in [0.2, 0.25) is 5.15 Å². The molecule has 19 heavy (non-hydrogen) atoms. The molecule has 2 N–H and O–H groups in total. The van der Waals surface area contributed by atoms with E-state index in [-0.39, 0.29) is 18.4 Å². The zero-order valence-corrected chi connectivity index (χ0v) is 11.5. The third-order valence-corrected chi connectivity index (χ3v) is 3.22. The zero-order chi connectivity index (χ0) is 14.0. The first-order valence-electron chi connectivity index (χ1n) is 5.83. The standard InChI is InChI=1S/C13H15ClFN3O/c1-8(16)9-3-4-11(10(15)5-9)19-7-13-17-6-12(14)18(13)2/h3-6,8H,7,16H2,1-2H3/t8-/m1/s1. The number of nitrogens with zero attached hydrogens (tertiary/aromatic N) is 2. The number of hydrogen-bond donors (Lipinski definition) is 1. The summed E-state index contributed by atoms with van der Waals surface area (Å²) in [6.45, 7) is 1.95. The van der Waals surface area contributed by atoms with Crippen LogP contribution in [-0.4, -0.2) is 9.55 Å². The topological polar surface area (TPSA) is 53.1 Å². The molecular weight excluding hydrogens is 269 g/mol. The highest BCUT2D eigenvalue weighted by Crippen LogP contribution is 2.22. The average molecular weight is 284 g/mol. The predicted octanol–water partition coefficient (Wildman–Crippen LogP) is 2.81. The van der Waals surface area contributed by atoms with Crippen molar-refractivity contribution in [2.75, 3.05) is 0 Å². The van der Waals surface area contributed by atoms with Crippen molar-refractivity contribution >= 4 is 11.6 Å². The second-order valence-electron chi connectivity index (χ2n) is 4.32. The van der Waals surface area contributed by atoms with Crippen LogP contribution < -0.4 is 10.5 Å². The summed E-state index contributed by atoms with van der Waals surface area (Å²) in [7, 11) is 1.77. The average Bonchev–Trinajstić information content (AvgIpc) is 2.68. The molecule has 0 saturated heterocycles. The van der Waals surface area contributed by atoms with E-state index in [4.69, 9.17) is 22.1 Å². The number of aromatic nitrogens is 2. The lowest BCUT2D eigenvalue weighted by Crippen LogP contribution is -2.07. The first kappa shape index (κ1) is 13.8. The van der Waals surface area contributed by atoms with Gasteiger partial charge in [-0.3, -0.25) is 0 Å². The van der Waals surface area contributed by atoms with Gasteiger partial charge in [0, 0.05) is 13.1 Å². The van der Waals surface area contributed by atoms with Gasteiger partial charge in [0.05, 0.1) is 6.20 Å². The van der Waals surface area contributed by atoms with Gasteiger partial charge in [0.2, 0.25) is 0 Å². The third kappa shape index (κ3) is 3.05. The molecule has 1 heterocycles. The Bertz CT molecular complexity index is 583. The van der Waals surface area contributed by atoms with Gasteiger partial charge in [-0.1, -0.05) is 17.7 Å². The predicted molar refractivity (Wildman–Crippen MR) is 71.6 cm³/mol. The molecule has 0 unspecified atom stereocenters. The molecule has 4 nitrogen and oxygen atoms in total. The number of ether oxygens (including phenoxy) is 1. The number of imidazole rings is 1. The van der Waals surface area contributed by atoms with Crippen LogP contribution in [0.25, 0.3) is 0 Å². The van der Waals surface area contributed by atoms with E-state index in [1.807, 2.05) is 0 Å². The fourth-order valence-corrected chi connectivity index (χ4v) is 1.76. The summed E-state index contributed by atoms with van der Waals surface area (Å²) in [6.07, 6.45) is 1.52. The SMILES string of the molecule is C[C@@H](N)c1ccc(OCc2ncc(Cl)n2C)c(F)c1. The van der Waals surface area contributed by atoms with E-state index >= 15 is 0 Å². The third-order valence-electron chi connectivity index (χ3n) is 2.87. The maximum atomic E-state index is 13.8. The number of hydrogen-bond acceptors (Lipinski definition) is 3. The Kier molecular flexibility index (Phi) is 4.07. The summed E-state index contributed by atoms with van der Waals surface area (Å²) in [6, 6.07) is 4.48. The highest BCUT2D eigenvalue weighted by atomic mass is 35.5. The van der Waals surface area contributed by atoms with Gasteiger partial charge in [0.25, 0.3) is 0 Å². The largest absolute Gasteiger partial charge is 0.483 e. The molecule has 0 bridgehead atoms. The molecular formula is C13H15ClFN3O. The van der Waals surface area contributed by atoms with Crippen LogP contribution in [0, 0.1) is 5.82 Å². The molecule has 0 fully saturated rings. The van der Waals surface area contributed by atoms with Gasteiger partial charge in [-0.25, -0.2) is 9.37 Å². The second kappa shape index (κ2) is 5.59. The highest BCUT2D eigenvalue weighted by molar-refractivity contribution is 6.29. The fourth-order valence-electron chi connectivity index (χ4n) is 1.62. The molecule has 2 rings (SSSR count). The number of halogens is 2. The van der Waals surface area contributed by atoms with Crippen molar-refractivity contribution in [2.24, 2.45) is 12.8 Å². The number of benzene rings is 1. The smallest absolute Gasteiger partial charge is 0.165 e. The molecule has 6 heteroatoms. The number of nitrogens with two attached hydrogens (primary N) is 1. The Morgan fingerprint density at radius 3 is 2.79 bits per heavy atom. The van der Waals surface area contributed by atoms with Gasteiger partial charge in [-0.2, -0.15) is 0 Å². The molecule has 0 aliphatic carbocycles. The summed E-state index contributed by atoms with van der Waals surface area (Å²) in [5.41, 5.74) is 6.41. The molecule has 1 aromatic carbocycles. The van der Waals surface area contributed by atoms with Gasteiger partial charge in [-0.05, 0) is 24.6 Å². The molecule has 0 amide bonds. The Balaban J connectivity index is 2.10. The maximum Gasteiger partial charge on any atom is 0.165 e. The van der Waals surface area contributed by atoms with Crippen LogP contribution in [0.3, 0.4) is 0 Å². The van der Waals surface area contributed by atoms with Gasteiger partial charge in [0.15, 0.2) is 11.6 Å². The van der Waals surface area contributed by atoms with Gasteiger partial charge < -0.3 is 15.0 Å². The molecule has 1 aromatic heterocycles. The molecule has 0 saturated carbocycles. The Hall–Kier alpha value is -1.59. The first-order chi connectivity index (χ1) is 8.99. The minimum atomic E-state index is -0.435. The van der Waals surface area contributed by atoms with Crippen LogP contribution in [-0.2, 0) is 13.7 Å². The van der Waals surface area contributed by atoms with E-state index in [0.717, 1.165) is 5.56 Å². The van der Waals surface area contributed by atoms with Gasteiger partial charge in [-0.15, -0.1) is 0 Å². The van der Waals surface area contributed by atoms with E-state index in [0.29, 0.717) is 11.0 Å². The normalized spacial score (nSPS) is 12.5. The molecule has 0 aliphatic rings. The van der Waals surface area contributed by atoms with E-state index in [1.54, 1.807) is 30.7 Å². The van der Waals surface area contributed by atoms with Crippen LogP contribution in [0.1, 0.15) is 24.4 Å². The van der Waals surface area contributed by atoms with Crippen molar-refractivity contribution in [3.05, 3.63) is 46.8 Å². The van der Waals surface area contributed by atoms with Crippen molar-refractivity contribution in [3.8, 4) is 5.75 Å². The minimum absolute atomic E-state index is 0.150. The summed E-state index contributed by atoms with van der Waals surface area (Å²) in [5, 5.41) is 0.506. The van der Waals surface area contributed by atoms with E-state index < -0.39 is 5.82 Å².